The lowest BCUT2D eigenvalue weighted by Crippen LogP contribution is -2.28. The molecule has 0 aromatic heterocycles. The number of carbonyl (C=O) groups is 1. The molecule has 0 saturated carbocycles. The number of para-hydroxylation sites is 2. The van der Waals surface area contributed by atoms with Crippen LogP contribution in [0.3, 0.4) is 0 Å². The highest BCUT2D eigenvalue weighted by atomic mass is 35.5. The summed E-state index contributed by atoms with van der Waals surface area (Å²) in [6.45, 7) is 0. The Hall–Kier alpha value is -2.24. The molecule has 1 amide bonds. The van der Waals surface area contributed by atoms with E-state index in [-0.39, 0.29) is 18.4 Å². The molecule has 5 nitrogen and oxygen atoms in total. The van der Waals surface area contributed by atoms with Gasteiger partial charge in [-0.2, -0.15) is 0 Å². The number of hydrogen-bond acceptors (Lipinski definition) is 4. The number of nitrogens with zero attached hydrogens (tertiary/aromatic N) is 1. The fourth-order valence-electron chi connectivity index (χ4n) is 2.30. The minimum absolute atomic E-state index is 0.139. The van der Waals surface area contributed by atoms with Crippen molar-refractivity contribution in [1.82, 2.24) is 5.06 Å². The Morgan fingerprint density at radius 3 is 2.46 bits per heavy atom. The number of carbonyl (C=O) groups excluding carboxylic acids is 1. The van der Waals surface area contributed by atoms with Gasteiger partial charge in [-0.05, 0) is 29.8 Å². The number of anilines is 1. The van der Waals surface area contributed by atoms with Gasteiger partial charge in [0.1, 0.15) is 5.75 Å². The predicted octanol–water partition coefficient (Wildman–Crippen LogP) is 3.91. The fourth-order valence-corrected chi connectivity index (χ4v) is 2.43. The molecule has 2 aromatic carbocycles. The Morgan fingerprint density at radius 1 is 1.17 bits per heavy atom. The van der Waals surface area contributed by atoms with E-state index in [0.29, 0.717) is 10.8 Å². The number of methoxy groups -OCH3 is 1. The Kier molecular flexibility index (Phi) is 6.46. The van der Waals surface area contributed by atoms with Crippen LogP contribution in [0.4, 0.5) is 5.69 Å². The zero-order chi connectivity index (χ0) is 17.5. The number of ether oxygens (including phenoxy) is 1. The summed E-state index contributed by atoms with van der Waals surface area (Å²) in [6, 6.07) is 14.7. The molecular formula is C18H21ClN2O3. The van der Waals surface area contributed by atoms with Gasteiger partial charge in [0.05, 0.1) is 32.4 Å². The Morgan fingerprint density at radius 2 is 1.83 bits per heavy atom. The van der Waals surface area contributed by atoms with Gasteiger partial charge < -0.3 is 10.1 Å². The Bertz CT molecular complexity index is 676. The number of rotatable bonds is 7. The van der Waals surface area contributed by atoms with Crippen LogP contribution in [0.25, 0.3) is 0 Å². The van der Waals surface area contributed by atoms with E-state index in [9.17, 15) is 4.79 Å². The van der Waals surface area contributed by atoms with Crippen molar-refractivity contribution < 1.29 is 14.4 Å². The third kappa shape index (κ3) is 4.63. The standard InChI is InChI=1S/C18H21ClN2O3/c1-21(24-3)18(22)12-16(13-8-10-14(19)11-9-13)20-15-6-4-5-7-17(15)23-2/h4-11,16,20H,12H2,1-3H3. The van der Waals surface area contributed by atoms with Crippen molar-refractivity contribution in [2.45, 2.75) is 12.5 Å². The van der Waals surface area contributed by atoms with Crippen LogP contribution in [0.15, 0.2) is 48.5 Å². The molecule has 0 fully saturated rings. The highest BCUT2D eigenvalue weighted by molar-refractivity contribution is 6.30. The van der Waals surface area contributed by atoms with Gasteiger partial charge in [-0.3, -0.25) is 9.63 Å². The molecule has 0 bridgehead atoms. The van der Waals surface area contributed by atoms with E-state index in [4.69, 9.17) is 21.2 Å². The molecule has 1 unspecified atom stereocenters. The lowest BCUT2D eigenvalue weighted by atomic mass is 10.0. The Labute approximate surface area is 147 Å². The number of benzene rings is 2. The quantitative estimate of drug-likeness (QED) is 0.771. The summed E-state index contributed by atoms with van der Waals surface area (Å²) < 4.78 is 5.37. The third-order valence-electron chi connectivity index (χ3n) is 3.71. The summed E-state index contributed by atoms with van der Waals surface area (Å²) in [5.74, 6) is 0.573. The van der Waals surface area contributed by atoms with E-state index in [1.165, 1.54) is 12.2 Å². The monoisotopic (exact) mass is 348 g/mol. The maximum Gasteiger partial charge on any atom is 0.248 e. The van der Waals surface area contributed by atoms with Crippen molar-refractivity contribution in [3.8, 4) is 5.75 Å². The van der Waals surface area contributed by atoms with Gasteiger partial charge in [-0.25, -0.2) is 5.06 Å². The molecule has 0 aliphatic heterocycles. The molecule has 0 spiro atoms. The SMILES string of the molecule is COc1ccccc1NC(CC(=O)N(C)OC)c1ccc(Cl)cc1. The maximum absolute atomic E-state index is 12.3. The first kappa shape index (κ1) is 18.1. The van der Waals surface area contributed by atoms with Crippen LogP contribution >= 0.6 is 11.6 Å². The molecule has 0 saturated heterocycles. The van der Waals surface area contributed by atoms with E-state index in [2.05, 4.69) is 5.32 Å². The second-order valence-corrected chi connectivity index (χ2v) is 5.66. The van der Waals surface area contributed by atoms with Crippen LogP contribution < -0.4 is 10.1 Å². The number of amides is 1. The molecular weight excluding hydrogens is 328 g/mol. The molecule has 1 atom stereocenters. The first-order valence-electron chi connectivity index (χ1n) is 7.50. The highest BCUT2D eigenvalue weighted by Gasteiger charge is 2.20. The largest absolute Gasteiger partial charge is 0.495 e. The highest BCUT2D eigenvalue weighted by Crippen LogP contribution is 2.30. The number of nitrogens with one attached hydrogen (secondary N) is 1. The normalized spacial score (nSPS) is 11.7. The van der Waals surface area contributed by atoms with Crippen LogP contribution in [-0.2, 0) is 9.63 Å². The molecule has 6 heteroatoms. The van der Waals surface area contributed by atoms with Gasteiger partial charge in [-0.1, -0.05) is 35.9 Å². The van der Waals surface area contributed by atoms with Crippen molar-refractivity contribution >= 4 is 23.2 Å². The Balaban J connectivity index is 2.28. The topological polar surface area (TPSA) is 50.8 Å². The van der Waals surface area contributed by atoms with E-state index in [1.54, 1.807) is 26.3 Å². The van der Waals surface area contributed by atoms with Crippen molar-refractivity contribution in [2.24, 2.45) is 0 Å². The molecule has 0 radical (unpaired) electrons. The lowest BCUT2D eigenvalue weighted by molar-refractivity contribution is -0.168. The van der Waals surface area contributed by atoms with Gasteiger partial charge in [-0.15, -0.1) is 0 Å². The van der Waals surface area contributed by atoms with Gasteiger partial charge in [0.25, 0.3) is 0 Å². The zero-order valence-electron chi connectivity index (χ0n) is 14.0. The minimum Gasteiger partial charge on any atom is -0.495 e. The third-order valence-corrected chi connectivity index (χ3v) is 3.96. The number of hydrogen-bond donors (Lipinski definition) is 1. The van der Waals surface area contributed by atoms with Crippen LogP contribution in [0.1, 0.15) is 18.0 Å². The summed E-state index contributed by atoms with van der Waals surface area (Å²) >= 11 is 5.97. The average molecular weight is 349 g/mol. The first-order chi connectivity index (χ1) is 11.5. The van der Waals surface area contributed by atoms with Crippen molar-refractivity contribution in [1.29, 1.82) is 0 Å². The van der Waals surface area contributed by atoms with Crippen LogP contribution in [0, 0.1) is 0 Å². The molecule has 2 rings (SSSR count). The fraction of sp³-hybridized carbons (Fsp3) is 0.278. The van der Waals surface area contributed by atoms with E-state index < -0.39 is 0 Å². The van der Waals surface area contributed by atoms with Crippen LogP contribution in [0.5, 0.6) is 5.75 Å². The second-order valence-electron chi connectivity index (χ2n) is 5.23. The van der Waals surface area contributed by atoms with Crippen molar-refractivity contribution in [2.75, 3.05) is 26.6 Å². The molecule has 24 heavy (non-hydrogen) atoms. The van der Waals surface area contributed by atoms with Gasteiger partial charge in [0, 0.05) is 12.1 Å². The summed E-state index contributed by atoms with van der Waals surface area (Å²) in [6.07, 6.45) is 0.226. The maximum atomic E-state index is 12.3. The molecule has 1 N–H and O–H groups in total. The molecule has 0 heterocycles. The molecule has 0 aliphatic carbocycles. The number of hydroxylamine groups is 2. The first-order valence-corrected chi connectivity index (χ1v) is 7.88. The van der Waals surface area contributed by atoms with Crippen LogP contribution in [0.2, 0.25) is 5.02 Å². The lowest BCUT2D eigenvalue weighted by Gasteiger charge is -2.23. The van der Waals surface area contributed by atoms with E-state index in [0.717, 1.165) is 11.3 Å². The molecule has 2 aromatic rings. The minimum atomic E-state index is -0.247. The summed E-state index contributed by atoms with van der Waals surface area (Å²) in [7, 11) is 4.66. The van der Waals surface area contributed by atoms with E-state index >= 15 is 0 Å². The predicted molar refractivity (Wildman–Crippen MR) is 95.2 cm³/mol. The molecule has 128 valence electrons. The van der Waals surface area contributed by atoms with E-state index in [1.807, 2.05) is 36.4 Å². The smallest absolute Gasteiger partial charge is 0.248 e. The summed E-state index contributed by atoms with van der Waals surface area (Å²) in [5.41, 5.74) is 1.76. The van der Waals surface area contributed by atoms with Gasteiger partial charge in [0.2, 0.25) is 5.91 Å². The molecule has 0 aliphatic rings. The average Bonchev–Trinajstić information content (AvgIpc) is 2.61. The zero-order valence-corrected chi connectivity index (χ0v) is 14.7. The number of halogens is 1. The van der Waals surface area contributed by atoms with Gasteiger partial charge in [0.15, 0.2) is 0 Å². The van der Waals surface area contributed by atoms with Gasteiger partial charge >= 0.3 is 0 Å². The van der Waals surface area contributed by atoms with Crippen molar-refractivity contribution in [3.63, 3.8) is 0 Å². The van der Waals surface area contributed by atoms with Crippen LogP contribution in [-0.4, -0.2) is 32.2 Å². The summed E-state index contributed by atoms with van der Waals surface area (Å²) in [5, 5.41) is 5.24. The van der Waals surface area contributed by atoms with Crippen molar-refractivity contribution in [3.05, 3.63) is 59.1 Å². The summed E-state index contributed by atoms with van der Waals surface area (Å²) in [4.78, 5) is 17.2. The second kappa shape index (κ2) is 8.57.